The van der Waals surface area contributed by atoms with Crippen LogP contribution in [0.5, 0.6) is 0 Å². The summed E-state index contributed by atoms with van der Waals surface area (Å²) in [7, 11) is 0. The van der Waals surface area contributed by atoms with Crippen LogP contribution >= 0.6 is 0 Å². The Morgan fingerprint density at radius 1 is 0.453 bits per heavy atom. The van der Waals surface area contributed by atoms with Crippen LogP contribution in [0.15, 0.2) is 188 Å². The summed E-state index contributed by atoms with van der Waals surface area (Å²) in [6.07, 6.45) is 3.84. The number of nitrogens with zero attached hydrogens (tertiary/aromatic N) is 3. The van der Waals surface area contributed by atoms with Crippen LogP contribution in [-0.2, 0) is 5.41 Å². The van der Waals surface area contributed by atoms with Crippen molar-refractivity contribution in [1.29, 1.82) is 0 Å². The third-order valence-corrected chi connectivity index (χ3v) is 11.1. The van der Waals surface area contributed by atoms with Gasteiger partial charge in [-0.2, -0.15) is 0 Å². The van der Waals surface area contributed by atoms with Gasteiger partial charge >= 0.3 is 0 Å². The molecule has 0 saturated carbocycles. The van der Waals surface area contributed by atoms with E-state index in [9.17, 15) is 0 Å². The molecule has 3 heteroatoms. The molecule has 0 bridgehead atoms. The smallest absolute Gasteiger partial charge is 0.0571 e. The average Bonchev–Trinajstić information content (AvgIpc) is 3.67. The molecule has 9 aromatic rings. The lowest BCUT2D eigenvalue weighted by atomic mass is 9.82. The van der Waals surface area contributed by atoms with Crippen LogP contribution in [0.2, 0.25) is 0 Å². The Kier molecular flexibility index (Phi) is 7.16. The molecule has 1 aliphatic rings. The summed E-state index contributed by atoms with van der Waals surface area (Å²) in [6, 6.07) is 63.9. The maximum atomic E-state index is 4.41. The molecule has 252 valence electrons. The van der Waals surface area contributed by atoms with E-state index >= 15 is 0 Å². The summed E-state index contributed by atoms with van der Waals surface area (Å²) in [5, 5.41) is 2.38. The lowest BCUT2D eigenvalue weighted by molar-refractivity contribution is 0.660. The average molecular weight is 680 g/mol. The van der Waals surface area contributed by atoms with E-state index < -0.39 is 0 Å². The molecule has 2 heterocycles. The summed E-state index contributed by atoms with van der Waals surface area (Å²) in [5.41, 5.74) is 17.0. The van der Waals surface area contributed by atoms with Gasteiger partial charge in [0, 0.05) is 51.3 Å². The Morgan fingerprint density at radius 3 is 1.72 bits per heavy atom. The number of fused-ring (bicyclic) bond motifs is 6. The van der Waals surface area contributed by atoms with E-state index in [2.05, 4.69) is 204 Å². The fraction of sp³-hybridized carbons (Fsp3) is 0.0600. The molecule has 0 unspecified atom stereocenters. The van der Waals surface area contributed by atoms with Crippen molar-refractivity contribution in [3.63, 3.8) is 0 Å². The molecule has 0 saturated heterocycles. The van der Waals surface area contributed by atoms with Crippen molar-refractivity contribution in [2.24, 2.45) is 0 Å². The predicted molar refractivity (Wildman–Crippen MR) is 222 cm³/mol. The highest BCUT2D eigenvalue weighted by Crippen LogP contribution is 2.50. The third-order valence-electron chi connectivity index (χ3n) is 11.1. The van der Waals surface area contributed by atoms with E-state index in [1.165, 1.54) is 60.8 Å². The number of benzene rings is 7. The first-order valence-corrected chi connectivity index (χ1v) is 18.3. The second kappa shape index (κ2) is 12.2. The van der Waals surface area contributed by atoms with Crippen LogP contribution in [-0.4, -0.2) is 9.55 Å². The minimum absolute atomic E-state index is 0.0391. The molecule has 7 aromatic carbocycles. The Hall–Kier alpha value is -6.71. The molecule has 0 fully saturated rings. The molecule has 0 amide bonds. The summed E-state index contributed by atoms with van der Waals surface area (Å²) in [4.78, 5) is 6.79. The number of pyridine rings is 1. The van der Waals surface area contributed by atoms with Gasteiger partial charge in [0.1, 0.15) is 0 Å². The number of rotatable bonds is 6. The Labute approximate surface area is 310 Å². The fourth-order valence-corrected chi connectivity index (χ4v) is 8.43. The number of hydrogen-bond donors (Lipinski definition) is 0. The highest BCUT2D eigenvalue weighted by atomic mass is 15.1. The standard InChI is InChI=1S/C50H37N3/c1-50(2)46-14-8-6-12-42(46)44-32-41(28-29-47(44)50)52(38-22-16-35(17-23-38)34-10-4-3-5-11-34)39-24-18-36(19-25-39)37-20-26-40(27-21-37)53-48-15-9-7-13-43(48)45-33-51-31-30-49(45)53/h3-33H,1-2H3. The summed E-state index contributed by atoms with van der Waals surface area (Å²) in [6.45, 7) is 4.67. The van der Waals surface area contributed by atoms with Crippen molar-refractivity contribution in [1.82, 2.24) is 9.55 Å². The summed E-state index contributed by atoms with van der Waals surface area (Å²) >= 11 is 0. The van der Waals surface area contributed by atoms with Gasteiger partial charge in [-0.25, -0.2) is 0 Å². The largest absolute Gasteiger partial charge is 0.310 e. The van der Waals surface area contributed by atoms with Gasteiger partial charge in [-0.1, -0.05) is 129 Å². The van der Waals surface area contributed by atoms with Gasteiger partial charge in [-0.15, -0.1) is 0 Å². The molecule has 0 radical (unpaired) electrons. The number of aromatic nitrogens is 2. The highest BCUT2D eigenvalue weighted by Gasteiger charge is 2.35. The van der Waals surface area contributed by atoms with E-state index in [0.717, 1.165) is 28.3 Å². The van der Waals surface area contributed by atoms with Gasteiger partial charge in [-0.05, 0) is 105 Å². The topological polar surface area (TPSA) is 21.1 Å². The van der Waals surface area contributed by atoms with Gasteiger partial charge in [0.15, 0.2) is 0 Å². The first kappa shape index (κ1) is 31.1. The number of para-hydroxylation sites is 1. The quantitative estimate of drug-likeness (QED) is 0.174. The monoisotopic (exact) mass is 679 g/mol. The summed E-state index contributed by atoms with van der Waals surface area (Å²) < 4.78 is 2.33. The Bertz CT molecular complexity index is 2720. The van der Waals surface area contributed by atoms with Crippen LogP contribution in [0.25, 0.3) is 60.9 Å². The molecular weight excluding hydrogens is 643 g/mol. The fourth-order valence-electron chi connectivity index (χ4n) is 8.43. The summed E-state index contributed by atoms with van der Waals surface area (Å²) in [5.74, 6) is 0. The lowest BCUT2D eigenvalue weighted by Crippen LogP contribution is -2.15. The minimum Gasteiger partial charge on any atom is -0.310 e. The molecule has 0 N–H and O–H groups in total. The molecule has 0 atom stereocenters. The second-order valence-corrected chi connectivity index (χ2v) is 14.5. The lowest BCUT2D eigenvalue weighted by Gasteiger charge is -2.27. The first-order chi connectivity index (χ1) is 26.0. The maximum absolute atomic E-state index is 4.41. The zero-order valence-electron chi connectivity index (χ0n) is 29.7. The molecule has 0 aliphatic heterocycles. The van der Waals surface area contributed by atoms with Crippen LogP contribution in [0.4, 0.5) is 17.1 Å². The zero-order valence-corrected chi connectivity index (χ0v) is 29.7. The molecule has 10 rings (SSSR count). The molecule has 53 heavy (non-hydrogen) atoms. The number of hydrogen-bond acceptors (Lipinski definition) is 2. The van der Waals surface area contributed by atoms with Crippen molar-refractivity contribution in [2.75, 3.05) is 4.90 Å². The van der Waals surface area contributed by atoms with Gasteiger partial charge in [-0.3, -0.25) is 4.98 Å². The molecule has 2 aromatic heterocycles. The zero-order chi connectivity index (χ0) is 35.5. The van der Waals surface area contributed by atoms with Gasteiger partial charge in [0.05, 0.1) is 11.0 Å². The van der Waals surface area contributed by atoms with Gasteiger partial charge in [0.25, 0.3) is 0 Å². The van der Waals surface area contributed by atoms with Gasteiger partial charge < -0.3 is 9.47 Å². The van der Waals surface area contributed by atoms with Crippen molar-refractivity contribution in [2.45, 2.75) is 19.3 Å². The second-order valence-electron chi connectivity index (χ2n) is 14.5. The van der Waals surface area contributed by atoms with E-state index in [4.69, 9.17) is 0 Å². The van der Waals surface area contributed by atoms with Gasteiger partial charge in [0.2, 0.25) is 0 Å². The van der Waals surface area contributed by atoms with Crippen molar-refractivity contribution < 1.29 is 0 Å². The van der Waals surface area contributed by atoms with E-state index in [-0.39, 0.29) is 5.41 Å². The molecule has 3 nitrogen and oxygen atoms in total. The highest BCUT2D eigenvalue weighted by molar-refractivity contribution is 6.08. The van der Waals surface area contributed by atoms with Crippen molar-refractivity contribution >= 4 is 38.9 Å². The van der Waals surface area contributed by atoms with Crippen LogP contribution in [0.3, 0.4) is 0 Å². The van der Waals surface area contributed by atoms with Crippen LogP contribution < -0.4 is 4.90 Å². The Morgan fingerprint density at radius 2 is 1.00 bits per heavy atom. The molecular formula is C50H37N3. The maximum Gasteiger partial charge on any atom is 0.0571 e. The SMILES string of the molecule is CC1(C)c2ccccc2-c2cc(N(c3ccc(-c4ccccc4)cc3)c3ccc(-c4ccc(-n5c6ccccc6c6cnccc65)cc4)cc3)ccc21. The minimum atomic E-state index is -0.0391. The number of anilines is 3. The molecule has 1 aliphatic carbocycles. The van der Waals surface area contributed by atoms with Crippen molar-refractivity contribution in [3.8, 4) is 39.1 Å². The van der Waals surface area contributed by atoms with Crippen LogP contribution in [0.1, 0.15) is 25.0 Å². The normalized spacial score (nSPS) is 12.9. The van der Waals surface area contributed by atoms with Crippen LogP contribution in [0, 0.1) is 0 Å². The van der Waals surface area contributed by atoms with E-state index in [1.807, 2.05) is 12.4 Å². The van der Waals surface area contributed by atoms with E-state index in [0.29, 0.717) is 0 Å². The predicted octanol–water partition coefficient (Wildman–Crippen LogP) is 13.3. The Balaban J connectivity index is 1.03. The van der Waals surface area contributed by atoms with E-state index in [1.54, 1.807) is 0 Å². The molecule has 0 spiro atoms. The van der Waals surface area contributed by atoms with Crippen molar-refractivity contribution in [3.05, 3.63) is 199 Å². The third kappa shape index (κ3) is 5.08. The first-order valence-electron chi connectivity index (χ1n) is 18.3.